The summed E-state index contributed by atoms with van der Waals surface area (Å²) in [7, 11) is 0. The number of esters is 1. The Hall–Kier alpha value is -2.55. The number of nitrogens with zero attached hydrogens (tertiary/aromatic N) is 1. The molecule has 28 heavy (non-hydrogen) atoms. The Morgan fingerprint density at radius 3 is 2.46 bits per heavy atom. The number of hydrogen-bond acceptors (Lipinski definition) is 6. The highest BCUT2D eigenvalue weighted by atomic mass is 32.2. The molecule has 2 N–H and O–H groups in total. The molecule has 0 bridgehead atoms. The molecule has 0 radical (unpaired) electrons. The van der Waals surface area contributed by atoms with Gasteiger partial charge in [0.25, 0.3) is 11.8 Å². The van der Waals surface area contributed by atoms with E-state index in [0.29, 0.717) is 18.5 Å². The van der Waals surface area contributed by atoms with Crippen LogP contribution in [0.5, 0.6) is 0 Å². The fraction of sp³-hybridized carbons (Fsp3) is 0.474. The Bertz CT molecular complexity index is 779. The van der Waals surface area contributed by atoms with Crippen LogP contribution in [0.2, 0.25) is 0 Å². The van der Waals surface area contributed by atoms with Crippen LogP contribution in [0, 0.1) is 0 Å². The number of urea groups is 1. The number of benzene rings is 1. The van der Waals surface area contributed by atoms with Gasteiger partial charge in [-0.05, 0) is 38.2 Å². The van der Waals surface area contributed by atoms with Gasteiger partial charge in [-0.1, -0.05) is 26.0 Å². The van der Waals surface area contributed by atoms with Crippen molar-refractivity contribution in [1.82, 2.24) is 10.2 Å². The van der Waals surface area contributed by atoms with Crippen molar-refractivity contribution in [3.63, 3.8) is 0 Å². The largest absolute Gasteiger partial charge is 0.451 e. The summed E-state index contributed by atoms with van der Waals surface area (Å²) >= 11 is 1.48. The fourth-order valence-corrected chi connectivity index (χ4v) is 3.50. The second kappa shape index (κ2) is 9.09. The second-order valence-electron chi connectivity index (χ2n) is 6.43. The normalized spacial score (nSPS) is 16.5. The van der Waals surface area contributed by atoms with Gasteiger partial charge in [-0.2, -0.15) is 0 Å². The van der Waals surface area contributed by atoms with Gasteiger partial charge in [0.15, 0.2) is 6.10 Å². The number of hydrogen-bond donors (Lipinski definition) is 2. The first-order chi connectivity index (χ1) is 13.3. The highest BCUT2D eigenvalue weighted by Crippen LogP contribution is 2.26. The Kier molecular flexibility index (Phi) is 7.06. The molecular formula is C19H25N3O5S. The lowest BCUT2D eigenvalue weighted by molar-refractivity contribution is -0.155. The quantitative estimate of drug-likeness (QED) is 0.389. The average molecular weight is 407 g/mol. The number of carbonyl (C=O) groups is 4. The maximum absolute atomic E-state index is 12.5. The molecule has 0 spiro atoms. The lowest BCUT2D eigenvalue weighted by Gasteiger charge is -2.23. The van der Waals surface area contributed by atoms with Gasteiger partial charge >= 0.3 is 12.0 Å². The van der Waals surface area contributed by atoms with Gasteiger partial charge < -0.3 is 15.4 Å². The van der Waals surface area contributed by atoms with Crippen molar-refractivity contribution in [2.45, 2.75) is 50.2 Å². The highest BCUT2D eigenvalue weighted by molar-refractivity contribution is 7.98. The van der Waals surface area contributed by atoms with E-state index in [2.05, 4.69) is 10.6 Å². The first-order valence-corrected chi connectivity index (χ1v) is 10.3. The number of carbonyl (C=O) groups excluding carboxylic acids is 4. The summed E-state index contributed by atoms with van der Waals surface area (Å²) in [4.78, 5) is 50.8. The number of ether oxygens (including phenoxy) is 1. The van der Waals surface area contributed by atoms with Gasteiger partial charge in [0.1, 0.15) is 12.1 Å². The van der Waals surface area contributed by atoms with Gasteiger partial charge in [-0.15, -0.1) is 11.8 Å². The van der Waals surface area contributed by atoms with E-state index in [4.69, 9.17) is 4.74 Å². The van der Waals surface area contributed by atoms with Crippen molar-refractivity contribution >= 4 is 41.3 Å². The van der Waals surface area contributed by atoms with Crippen LogP contribution in [-0.4, -0.2) is 53.2 Å². The van der Waals surface area contributed by atoms with Gasteiger partial charge in [-0.3, -0.25) is 19.3 Å². The Morgan fingerprint density at radius 2 is 1.89 bits per heavy atom. The molecule has 0 saturated carbocycles. The number of imide groups is 1. The Labute approximate surface area is 168 Å². The van der Waals surface area contributed by atoms with Crippen LogP contribution in [0.1, 0.15) is 33.6 Å². The minimum absolute atomic E-state index is 0.424. The molecule has 0 unspecified atom stereocenters. The van der Waals surface area contributed by atoms with Crippen LogP contribution in [0.4, 0.5) is 10.5 Å². The average Bonchev–Trinajstić information content (AvgIpc) is 2.92. The third kappa shape index (κ3) is 4.46. The third-order valence-electron chi connectivity index (χ3n) is 4.78. The fourth-order valence-electron chi connectivity index (χ4n) is 2.95. The van der Waals surface area contributed by atoms with Gasteiger partial charge in [0.05, 0.1) is 5.69 Å². The van der Waals surface area contributed by atoms with E-state index in [1.165, 1.54) is 18.7 Å². The van der Waals surface area contributed by atoms with Crippen LogP contribution in [0.25, 0.3) is 0 Å². The van der Waals surface area contributed by atoms with Gasteiger partial charge in [0.2, 0.25) is 0 Å². The monoisotopic (exact) mass is 407 g/mol. The number of nitrogens with one attached hydrogen (secondary N) is 2. The SMILES string of the molecule is CCC1(CC)NC(=O)N(CC(=O)O[C@H](C)C(=O)Nc2ccccc2SC)C1=O. The van der Waals surface area contributed by atoms with Crippen LogP contribution in [0.3, 0.4) is 0 Å². The molecule has 0 aliphatic carbocycles. The van der Waals surface area contributed by atoms with E-state index >= 15 is 0 Å². The summed E-state index contributed by atoms with van der Waals surface area (Å²) in [6.45, 7) is 4.49. The van der Waals surface area contributed by atoms with Crippen molar-refractivity contribution in [1.29, 1.82) is 0 Å². The summed E-state index contributed by atoms with van der Waals surface area (Å²) in [5, 5.41) is 5.35. The summed E-state index contributed by atoms with van der Waals surface area (Å²) in [6, 6.07) is 6.63. The van der Waals surface area contributed by atoms with Crippen LogP contribution >= 0.6 is 11.8 Å². The molecule has 9 heteroatoms. The molecule has 4 amide bonds. The summed E-state index contributed by atoms with van der Waals surface area (Å²) in [5.41, 5.74) is -0.366. The highest BCUT2D eigenvalue weighted by Gasteiger charge is 2.49. The minimum Gasteiger partial charge on any atom is -0.451 e. The first kappa shape index (κ1) is 21.7. The molecule has 0 aromatic heterocycles. The van der Waals surface area contributed by atoms with Crippen molar-refractivity contribution in [2.75, 3.05) is 18.1 Å². The van der Waals surface area contributed by atoms with Crippen molar-refractivity contribution in [3.05, 3.63) is 24.3 Å². The molecule has 1 aliphatic rings. The van der Waals surface area contributed by atoms with Gasteiger partial charge in [-0.25, -0.2) is 4.79 Å². The Morgan fingerprint density at radius 1 is 1.25 bits per heavy atom. The summed E-state index contributed by atoms with van der Waals surface area (Å²) in [5.74, 6) is -1.78. The van der Waals surface area contributed by atoms with E-state index in [0.717, 1.165) is 9.80 Å². The molecule has 1 heterocycles. The zero-order valence-corrected chi connectivity index (χ0v) is 17.2. The molecule has 152 valence electrons. The summed E-state index contributed by atoms with van der Waals surface area (Å²) < 4.78 is 5.12. The number of amides is 4. The van der Waals surface area contributed by atoms with Crippen molar-refractivity contribution in [2.24, 2.45) is 0 Å². The van der Waals surface area contributed by atoms with Crippen molar-refractivity contribution in [3.8, 4) is 0 Å². The lowest BCUT2D eigenvalue weighted by Crippen LogP contribution is -2.46. The number of anilines is 1. The van der Waals surface area contributed by atoms with E-state index in [1.807, 2.05) is 18.4 Å². The topological polar surface area (TPSA) is 105 Å². The molecule has 1 aliphatic heterocycles. The predicted molar refractivity (Wildman–Crippen MR) is 106 cm³/mol. The zero-order valence-electron chi connectivity index (χ0n) is 16.4. The van der Waals surface area contributed by atoms with E-state index in [-0.39, 0.29) is 0 Å². The molecule has 1 aromatic rings. The molecule has 2 rings (SSSR count). The molecule has 1 atom stereocenters. The van der Waals surface area contributed by atoms with Crippen molar-refractivity contribution < 1.29 is 23.9 Å². The standard InChI is InChI=1S/C19H25N3O5S/c1-5-19(6-2)17(25)22(18(26)21-19)11-15(23)27-12(3)16(24)20-13-9-7-8-10-14(13)28-4/h7-10,12H,5-6,11H2,1-4H3,(H,20,24)(H,21,26)/t12-/m1/s1. The molecular weight excluding hydrogens is 382 g/mol. The maximum atomic E-state index is 12.5. The summed E-state index contributed by atoms with van der Waals surface area (Å²) in [6.07, 6.45) is 1.66. The van der Waals surface area contributed by atoms with Crippen LogP contribution in [0.15, 0.2) is 29.2 Å². The molecule has 1 fully saturated rings. The maximum Gasteiger partial charge on any atom is 0.327 e. The predicted octanol–water partition coefficient (Wildman–Crippen LogP) is 2.39. The lowest BCUT2D eigenvalue weighted by atomic mass is 9.93. The second-order valence-corrected chi connectivity index (χ2v) is 7.28. The molecule has 1 aromatic carbocycles. The van der Waals surface area contributed by atoms with Gasteiger partial charge in [0, 0.05) is 4.90 Å². The minimum atomic E-state index is -1.08. The Balaban J connectivity index is 1.96. The van der Waals surface area contributed by atoms with E-state index in [1.54, 1.807) is 26.0 Å². The first-order valence-electron chi connectivity index (χ1n) is 9.05. The van der Waals surface area contributed by atoms with Crippen LogP contribution in [-0.2, 0) is 19.1 Å². The molecule has 1 saturated heterocycles. The van der Waals surface area contributed by atoms with E-state index in [9.17, 15) is 19.2 Å². The number of para-hydroxylation sites is 1. The number of thioether (sulfide) groups is 1. The smallest absolute Gasteiger partial charge is 0.327 e. The van der Waals surface area contributed by atoms with Crippen LogP contribution < -0.4 is 10.6 Å². The van der Waals surface area contributed by atoms with E-state index < -0.39 is 42.0 Å². The third-order valence-corrected chi connectivity index (χ3v) is 5.58. The number of rotatable bonds is 8. The zero-order chi connectivity index (χ0) is 20.9. The molecule has 8 nitrogen and oxygen atoms in total.